The average molecular weight is 437 g/mol. The van der Waals surface area contributed by atoms with Gasteiger partial charge in [0.2, 0.25) is 5.91 Å². The molecule has 3 aromatic rings. The maximum absolute atomic E-state index is 13.2. The third kappa shape index (κ3) is 5.05. The fraction of sp³-hybridized carbons (Fsp3) is 0.261. The number of aromatic amines is 1. The molecule has 2 heterocycles. The van der Waals surface area contributed by atoms with E-state index in [9.17, 15) is 18.8 Å². The van der Waals surface area contributed by atoms with Gasteiger partial charge in [-0.2, -0.15) is 0 Å². The van der Waals surface area contributed by atoms with Crippen LogP contribution in [-0.4, -0.2) is 65.4 Å². The zero-order valence-corrected chi connectivity index (χ0v) is 17.4. The lowest BCUT2D eigenvalue weighted by Crippen LogP contribution is -2.53. The molecule has 0 aliphatic carbocycles. The van der Waals surface area contributed by atoms with Gasteiger partial charge in [-0.15, -0.1) is 0 Å². The summed E-state index contributed by atoms with van der Waals surface area (Å²) in [5.41, 5.74) is 1.82. The number of carbonyl (C=O) groups excluding carboxylic acids is 3. The number of carbonyl (C=O) groups is 3. The second kappa shape index (κ2) is 9.51. The number of para-hydroxylation sites is 1. The fourth-order valence-corrected chi connectivity index (χ4v) is 3.66. The first-order valence-corrected chi connectivity index (χ1v) is 10.4. The van der Waals surface area contributed by atoms with Gasteiger partial charge in [0, 0.05) is 55.7 Å². The summed E-state index contributed by atoms with van der Waals surface area (Å²) in [6, 6.07) is 14.9. The van der Waals surface area contributed by atoms with Crippen LogP contribution >= 0.6 is 0 Å². The Kier molecular flexibility index (Phi) is 6.34. The Morgan fingerprint density at radius 3 is 2.44 bits per heavy atom. The number of halogens is 1. The first kappa shape index (κ1) is 21.4. The average Bonchev–Trinajstić information content (AvgIpc) is 3.23. The molecule has 4 rings (SSSR count). The predicted molar refractivity (Wildman–Crippen MR) is 119 cm³/mol. The number of amides is 4. The van der Waals surface area contributed by atoms with Crippen molar-refractivity contribution in [3.05, 3.63) is 66.1 Å². The Labute approximate surface area is 184 Å². The highest BCUT2D eigenvalue weighted by molar-refractivity contribution is 5.98. The third-order valence-corrected chi connectivity index (χ3v) is 5.35. The molecule has 1 aliphatic heterocycles. The summed E-state index contributed by atoms with van der Waals surface area (Å²) in [6.07, 6.45) is 0.0705. The summed E-state index contributed by atoms with van der Waals surface area (Å²) in [4.78, 5) is 43.6. The van der Waals surface area contributed by atoms with Gasteiger partial charge in [-0.3, -0.25) is 9.59 Å². The van der Waals surface area contributed by atoms with Crippen molar-refractivity contribution in [3.8, 4) is 0 Å². The fourth-order valence-electron chi connectivity index (χ4n) is 3.66. The molecule has 2 aromatic carbocycles. The lowest BCUT2D eigenvalue weighted by Gasteiger charge is -2.34. The Hall–Kier alpha value is -3.88. The third-order valence-electron chi connectivity index (χ3n) is 5.35. The Morgan fingerprint density at radius 2 is 1.69 bits per heavy atom. The number of fused-ring (bicyclic) bond motifs is 1. The Bertz CT molecular complexity index is 1100. The van der Waals surface area contributed by atoms with Crippen LogP contribution in [0.4, 0.5) is 14.9 Å². The summed E-state index contributed by atoms with van der Waals surface area (Å²) in [5, 5.41) is 6.29. The van der Waals surface area contributed by atoms with E-state index in [1.54, 1.807) is 15.9 Å². The number of piperazine rings is 1. The van der Waals surface area contributed by atoms with Gasteiger partial charge in [-0.05, 0) is 30.3 Å². The zero-order chi connectivity index (χ0) is 22.5. The second-order valence-electron chi connectivity index (χ2n) is 7.59. The standard InChI is InChI=1S/C23H24FN5O3/c24-17-5-3-6-18(15-17)26-21(30)8-9-25-23(32)29-12-10-28(11-13-29)22(31)20-14-16-4-1-2-7-19(16)27-20/h1-7,14-15,27H,8-13H2,(H,25,32)(H,26,30). The number of rotatable bonds is 5. The number of H-pyrrole nitrogens is 1. The van der Waals surface area contributed by atoms with Crippen LogP contribution in [0.5, 0.6) is 0 Å². The van der Waals surface area contributed by atoms with E-state index in [0.29, 0.717) is 37.6 Å². The van der Waals surface area contributed by atoms with E-state index in [-0.39, 0.29) is 30.8 Å². The molecule has 166 valence electrons. The lowest BCUT2D eigenvalue weighted by molar-refractivity contribution is -0.116. The largest absolute Gasteiger partial charge is 0.351 e. The topological polar surface area (TPSA) is 97.5 Å². The van der Waals surface area contributed by atoms with Gasteiger partial charge in [0.05, 0.1) is 0 Å². The Balaban J connectivity index is 1.20. The number of nitrogens with zero attached hydrogens (tertiary/aromatic N) is 2. The molecule has 0 spiro atoms. The number of aromatic nitrogens is 1. The number of benzene rings is 2. The quantitative estimate of drug-likeness (QED) is 0.573. The number of nitrogens with one attached hydrogen (secondary N) is 3. The molecular weight excluding hydrogens is 413 g/mol. The van der Waals surface area contributed by atoms with Crippen LogP contribution in [0, 0.1) is 5.82 Å². The summed E-state index contributed by atoms with van der Waals surface area (Å²) < 4.78 is 13.2. The van der Waals surface area contributed by atoms with E-state index in [1.807, 2.05) is 30.3 Å². The van der Waals surface area contributed by atoms with Crippen LogP contribution in [0.25, 0.3) is 10.9 Å². The van der Waals surface area contributed by atoms with Gasteiger partial charge in [0.1, 0.15) is 11.5 Å². The van der Waals surface area contributed by atoms with Crippen molar-refractivity contribution in [1.82, 2.24) is 20.1 Å². The summed E-state index contributed by atoms with van der Waals surface area (Å²) >= 11 is 0. The van der Waals surface area contributed by atoms with Gasteiger partial charge < -0.3 is 25.4 Å². The molecule has 3 N–H and O–H groups in total. The second-order valence-corrected chi connectivity index (χ2v) is 7.59. The predicted octanol–water partition coefficient (Wildman–Crippen LogP) is 2.80. The molecule has 0 radical (unpaired) electrons. The molecule has 4 amide bonds. The molecule has 0 saturated carbocycles. The van der Waals surface area contributed by atoms with Crippen molar-refractivity contribution in [3.63, 3.8) is 0 Å². The van der Waals surface area contributed by atoms with E-state index in [4.69, 9.17) is 0 Å². The van der Waals surface area contributed by atoms with Gasteiger partial charge in [-0.25, -0.2) is 9.18 Å². The number of anilines is 1. The Morgan fingerprint density at radius 1 is 0.938 bits per heavy atom. The highest BCUT2D eigenvalue weighted by atomic mass is 19.1. The van der Waals surface area contributed by atoms with E-state index < -0.39 is 5.82 Å². The molecule has 0 unspecified atom stereocenters. The normalized spacial score (nSPS) is 13.8. The molecule has 1 saturated heterocycles. The summed E-state index contributed by atoms with van der Waals surface area (Å²) in [5.74, 6) is -0.835. The SMILES string of the molecule is O=C(CCNC(=O)N1CCN(C(=O)c2cc3ccccc3[nH]2)CC1)Nc1cccc(F)c1. The van der Waals surface area contributed by atoms with Crippen LogP contribution in [0.3, 0.4) is 0 Å². The minimum atomic E-state index is -0.432. The minimum Gasteiger partial charge on any atom is -0.351 e. The number of hydrogen-bond acceptors (Lipinski definition) is 3. The van der Waals surface area contributed by atoms with Crippen molar-refractivity contribution in [2.24, 2.45) is 0 Å². The van der Waals surface area contributed by atoms with Gasteiger partial charge >= 0.3 is 6.03 Å². The van der Waals surface area contributed by atoms with Crippen molar-refractivity contribution in [2.45, 2.75) is 6.42 Å². The highest BCUT2D eigenvalue weighted by Gasteiger charge is 2.25. The maximum Gasteiger partial charge on any atom is 0.317 e. The smallest absolute Gasteiger partial charge is 0.317 e. The molecule has 1 aromatic heterocycles. The lowest BCUT2D eigenvalue weighted by atomic mass is 10.2. The minimum absolute atomic E-state index is 0.0705. The molecule has 9 heteroatoms. The van der Waals surface area contributed by atoms with Crippen molar-refractivity contribution < 1.29 is 18.8 Å². The van der Waals surface area contributed by atoms with E-state index >= 15 is 0 Å². The molecule has 32 heavy (non-hydrogen) atoms. The zero-order valence-electron chi connectivity index (χ0n) is 17.4. The van der Waals surface area contributed by atoms with Crippen LogP contribution in [0.15, 0.2) is 54.6 Å². The number of hydrogen-bond donors (Lipinski definition) is 3. The maximum atomic E-state index is 13.2. The number of urea groups is 1. The molecule has 1 fully saturated rings. The van der Waals surface area contributed by atoms with Crippen LogP contribution in [-0.2, 0) is 4.79 Å². The molecule has 0 bridgehead atoms. The summed E-state index contributed by atoms with van der Waals surface area (Å²) in [6.45, 7) is 1.85. The van der Waals surface area contributed by atoms with Crippen molar-refractivity contribution in [1.29, 1.82) is 0 Å². The van der Waals surface area contributed by atoms with Crippen molar-refractivity contribution in [2.75, 3.05) is 38.0 Å². The van der Waals surface area contributed by atoms with Gasteiger partial charge in [0.25, 0.3) is 5.91 Å². The summed E-state index contributed by atoms with van der Waals surface area (Å²) in [7, 11) is 0. The first-order valence-electron chi connectivity index (χ1n) is 10.4. The highest BCUT2D eigenvalue weighted by Crippen LogP contribution is 2.17. The van der Waals surface area contributed by atoms with E-state index in [1.165, 1.54) is 18.2 Å². The first-order chi connectivity index (χ1) is 15.5. The van der Waals surface area contributed by atoms with Crippen molar-refractivity contribution >= 4 is 34.4 Å². The van der Waals surface area contributed by atoms with Crippen LogP contribution in [0.2, 0.25) is 0 Å². The molecule has 0 atom stereocenters. The monoisotopic (exact) mass is 437 g/mol. The van der Waals surface area contributed by atoms with E-state index in [0.717, 1.165) is 10.9 Å². The molecular formula is C23H24FN5O3. The van der Waals surface area contributed by atoms with E-state index in [2.05, 4.69) is 15.6 Å². The molecule has 1 aliphatic rings. The molecule has 8 nitrogen and oxygen atoms in total. The van der Waals surface area contributed by atoms with Gasteiger partial charge in [-0.1, -0.05) is 24.3 Å². The van der Waals surface area contributed by atoms with Gasteiger partial charge in [0.15, 0.2) is 0 Å². The van der Waals surface area contributed by atoms with Crippen LogP contribution in [0.1, 0.15) is 16.9 Å². The van der Waals surface area contributed by atoms with Crippen LogP contribution < -0.4 is 10.6 Å².